The first-order chi connectivity index (χ1) is 8.31. The van der Waals surface area contributed by atoms with Crippen molar-refractivity contribution in [2.24, 2.45) is 5.14 Å². The Bertz CT molecular complexity index is 542. The summed E-state index contributed by atoms with van der Waals surface area (Å²) in [6.45, 7) is 3.50. The summed E-state index contributed by atoms with van der Waals surface area (Å²) >= 11 is 3.38. The summed E-state index contributed by atoms with van der Waals surface area (Å²) in [7, 11) is -1.52. The van der Waals surface area contributed by atoms with Crippen LogP contribution in [0.2, 0.25) is 0 Å². The number of hydrogen-bond donors (Lipinski definition) is 1. The van der Waals surface area contributed by atoms with Gasteiger partial charge in [0.25, 0.3) is 0 Å². The molecule has 1 aromatic carbocycles. The first kappa shape index (κ1) is 13.9. The van der Waals surface area contributed by atoms with E-state index in [-0.39, 0.29) is 0 Å². The van der Waals surface area contributed by atoms with Crippen LogP contribution < -0.4 is 5.14 Å². The molecule has 0 radical (unpaired) electrons. The Morgan fingerprint density at radius 2 is 2.22 bits per heavy atom. The molecule has 0 heterocycles. The largest absolute Gasteiger partial charge is 0.251 e. The third-order valence-electron chi connectivity index (χ3n) is 3.14. The highest BCUT2D eigenvalue weighted by Crippen LogP contribution is 2.37. The Kier molecular flexibility index (Phi) is 3.76. The minimum absolute atomic E-state index is 0.369. The number of halogens is 2. The smallest absolute Gasteiger partial charge is 0.129 e. The van der Waals surface area contributed by atoms with E-state index in [2.05, 4.69) is 15.9 Å². The molecule has 2 rings (SSSR count). The van der Waals surface area contributed by atoms with Gasteiger partial charge in [0, 0.05) is 10.9 Å². The molecule has 2 N–H and O–H groups in total. The molecular formula is C13H15BrFNOS. The van der Waals surface area contributed by atoms with Gasteiger partial charge < -0.3 is 0 Å². The van der Waals surface area contributed by atoms with E-state index in [1.165, 1.54) is 0 Å². The van der Waals surface area contributed by atoms with Gasteiger partial charge in [0.15, 0.2) is 0 Å². The highest BCUT2D eigenvalue weighted by atomic mass is 79.9. The normalized spacial score (nSPS) is 23.2. The number of fused-ring (bicyclic) bond motifs is 1. The summed E-state index contributed by atoms with van der Waals surface area (Å²) in [5.74, 6) is 0. The first-order valence-electron chi connectivity index (χ1n) is 5.63. The van der Waals surface area contributed by atoms with Gasteiger partial charge in [-0.05, 0) is 42.7 Å². The van der Waals surface area contributed by atoms with Gasteiger partial charge in [-0.3, -0.25) is 5.14 Å². The van der Waals surface area contributed by atoms with Crippen molar-refractivity contribution in [3.63, 3.8) is 0 Å². The Morgan fingerprint density at radius 1 is 1.56 bits per heavy atom. The van der Waals surface area contributed by atoms with Crippen LogP contribution >= 0.6 is 15.9 Å². The standard InChI is InChI=1S/C13H15BrFNOS/c1-13(2,18(16)17)7-11-10-4-3-9(14)5-8(10)6-12(11)15/h3-5,7,12H,6,16H2,1-2H3/b11-7-. The van der Waals surface area contributed by atoms with Gasteiger partial charge in [-0.25, -0.2) is 8.60 Å². The van der Waals surface area contributed by atoms with Gasteiger partial charge in [0.2, 0.25) is 0 Å². The lowest BCUT2D eigenvalue weighted by Gasteiger charge is -2.18. The van der Waals surface area contributed by atoms with E-state index < -0.39 is 21.9 Å². The Balaban J connectivity index is 2.48. The molecule has 0 saturated carbocycles. The second-order valence-corrected chi connectivity index (χ2v) is 7.54. The molecule has 2 atom stereocenters. The number of benzene rings is 1. The third kappa shape index (κ3) is 2.58. The summed E-state index contributed by atoms with van der Waals surface area (Å²) in [6, 6.07) is 5.70. The summed E-state index contributed by atoms with van der Waals surface area (Å²) in [4.78, 5) is 0. The molecule has 1 aliphatic rings. The van der Waals surface area contributed by atoms with Crippen LogP contribution in [0.3, 0.4) is 0 Å². The molecule has 5 heteroatoms. The van der Waals surface area contributed by atoms with E-state index in [0.717, 1.165) is 15.6 Å². The summed E-state index contributed by atoms with van der Waals surface area (Å²) < 4.78 is 25.7. The van der Waals surface area contributed by atoms with Crippen LogP contribution in [-0.4, -0.2) is 15.1 Å². The zero-order chi connectivity index (χ0) is 13.5. The summed E-state index contributed by atoms with van der Waals surface area (Å²) in [5.41, 5.74) is 2.47. The molecule has 98 valence electrons. The molecule has 2 unspecified atom stereocenters. The molecule has 0 aromatic heterocycles. The molecule has 0 fully saturated rings. The third-order valence-corrected chi connectivity index (χ3v) is 4.78. The van der Waals surface area contributed by atoms with Crippen LogP contribution in [0.5, 0.6) is 0 Å². The molecule has 0 aliphatic heterocycles. The van der Waals surface area contributed by atoms with E-state index in [1.54, 1.807) is 19.9 Å². The van der Waals surface area contributed by atoms with E-state index in [9.17, 15) is 8.60 Å². The predicted molar refractivity (Wildman–Crippen MR) is 77.1 cm³/mol. The number of hydrogen-bond acceptors (Lipinski definition) is 1. The maximum Gasteiger partial charge on any atom is 0.129 e. The topological polar surface area (TPSA) is 43.1 Å². The van der Waals surface area contributed by atoms with Crippen LogP contribution in [0.4, 0.5) is 4.39 Å². The van der Waals surface area contributed by atoms with Gasteiger partial charge in [-0.2, -0.15) is 0 Å². The maximum absolute atomic E-state index is 14.1. The fourth-order valence-corrected chi connectivity index (χ4v) is 2.74. The predicted octanol–water partition coefficient (Wildman–Crippen LogP) is 3.13. The summed E-state index contributed by atoms with van der Waals surface area (Å²) in [5, 5.41) is 5.44. The zero-order valence-electron chi connectivity index (χ0n) is 10.2. The molecule has 0 amide bonds. The van der Waals surface area contributed by atoms with Gasteiger partial charge >= 0.3 is 0 Å². The van der Waals surface area contributed by atoms with Crippen molar-refractivity contribution in [3.05, 3.63) is 39.9 Å². The molecule has 0 spiro atoms. The minimum Gasteiger partial charge on any atom is -0.251 e. The summed E-state index contributed by atoms with van der Waals surface area (Å²) in [6.07, 6.45) is 1.03. The van der Waals surface area contributed by atoms with Crippen molar-refractivity contribution < 1.29 is 8.60 Å². The number of allylic oxidation sites excluding steroid dienone is 1. The Hall–Kier alpha value is -0.520. The molecule has 1 aliphatic carbocycles. The van der Waals surface area contributed by atoms with Crippen LogP contribution in [0.1, 0.15) is 25.0 Å². The molecule has 2 nitrogen and oxygen atoms in total. The van der Waals surface area contributed by atoms with Crippen LogP contribution in [0, 0.1) is 0 Å². The van der Waals surface area contributed by atoms with Crippen molar-refractivity contribution in [2.45, 2.75) is 31.2 Å². The van der Waals surface area contributed by atoms with E-state index in [1.807, 2.05) is 18.2 Å². The lowest BCUT2D eigenvalue weighted by molar-refractivity contribution is 0.420. The first-order valence-corrected chi connectivity index (χ1v) is 7.64. The average molecular weight is 332 g/mol. The Morgan fingerprint density at radius 3 is 2.83 bits per heavy atom. The molecular weight excluding hydrogens is 317 g/mol. The van der Waals surface area contributed by atoms with Crippen molar-refractivity contribution in [3.8, 4) is 0 Å². The molecule has 18 heavy (non-hydrogen) atoms. The highest BCUT2D eigenvalue weighted by molar-refractivity contribution is 9.10. The fraction of sp³-hybridized carbons (Fsp3) is 0.385. The lowest BCUT2D eigenvalue weighted by Crippen LogP contribution is -2.30. The fourth-order valence-electron chi connectivity index (χ4n) is 2.09. The van der Waals surface area contributed by atoms with Gasteiger partial charge in [0.05, 0.1) is 15.7 Å². The average Bonchev–Trinajstić information content (AvgIpc) is 2.54. The second-order valence-electron chi connectivity index (χ2n) is 4.97. The highest BCUT2D eigenvalue weighted by Gasteiger charge is 2.30. The minimum atomic E-state index is -1.52. The zero-order valence-corrected chi connectivity index (χ0v) is 12.6. The van der Waals surface area contributed by atoms with Crippen molar-refractivity contribution >= 4 is 32.5 Å². The van der Waals surface area contributed by atoms with E-state index in [0.29, 0.717) is 12.0 Å². The SMILES string of the molecule is CC(C)(/C=C1/c2ccc(Br)cc2CC1F)S(N)=O. The van der Waals surface area contributed by atoms with Crippen LogP contribution in [0.15, 0.2) is 28.7 Å². The lowest BCUT2D eigenvalue weighted by atomic mass is 10.0. The Labute approximate surface area is 117 Å². The van der Waals surface area contributed by atoms with Crippen LogP contribution in [-0.2, 0) is 17.4 Å². The second kappa shape index (κ2) is 4.87. The van der Waals surface area contributed by atoms with Crippen molar-refractivity contribution in [2.75, 3.05) is 0 Å². The molecule has 0 bridgehead atoms. The van der Waals surface area contributed by atoms with E-state index in [4.69, 9.17) is 5.14 Å². The van der Waals surface area contributed by atoms with Crippen LogP contribution in [0.25, 0.3) is 5.57 Å². The van der Waals surface area contributed by atoms with Gasteiger partial charge in [0.1, 0.15) is 6.17 Å². The quantitative estimate of drug-likeness (QED) is 0.888. The van der Waals surface area contributed by atoms with Gasteiger partial charge in [-0.15, -0.1) is 0 Å². The maximum atomic E-state index is 14.1. The number of rotatable bonds is 2. The van der Waals surface area contributed by atoms with Crippen molar-refractivity contribution in [1.29, 1.82) is 0 Å². The molecule has 1 aromatic rings. The monoisotopic (exact) mass is 331 g/mol. The molecule has 0 saturated heterocycles. The van der Waals surface area contributed by atoms with Crippen molar-refractivity contribution in [1.82, 2.24) is 0 Å². The number of alkyl halides is 1. The van der Waals surface area contributed by atoms with E-state index >= 15 is 0 Å². The van der Waals surface area contributed by atoms with Gasteiger partial charge in [-0.1, -0.05) is 28.1 Å². The number of nitrogens with two attached hydrogens (primary N) is 1.